The maximum absolute atomic E-state index is 12.9. The molecule has 88 valence electrons. The average molecular weight is 240 g/mol. The summed E-state index contributed by atoms with van der Waals surface area (Å²) in [7, 11) is 0. The van der Waals surface area contributed by atoms with Crippen molar-refractivity contribution in [1.82, 2.24) is 9.97 Å². The van der Waals surface area contributed by atoms with Crippen LogP contribution in [0, 0.1) is 5.82 Å². The van der Waals surface area contributed by atoms with E-state index >= 15 is 0 Å². The van der Waals surface area contributed by atoms with Gasteiger partial charge in [-0.15, -0.1) is 0 Å². The number of hydrogen-bond acceptors (Lipinski definition) is 2. The first kappa shape index (κ1) is 10.7. The van der Waals surface area contributed by atoms with Crippen molar-refractivity contribution < 1.29 is 4.39 Å². The number of halogens is 1. The van der Waals surface area contributed by atoms with Crippen molar-refractivity contribution in [3.8, 4) is 11.1 Å². The number of nitrogens with one attached hydrogen (secondary N) is 1. The number of hydrogen-bond donors (Lipinski definition) is 1. The molecule has 0 atom stereocenters. The second kappa shape index (κ2) is 4.07. The van der Waals surface area contributed by atoms with Crippen LogP contribution in [0.5, 0.6) is 0 Å². The van der Waals surface area contributed by atoms with Gasteiger partial charge in [0, 0.05) is 17.6 Å². The molecule has 0 saturated carbocycles. The van der Waals surface area contributed by atoms with Gasteiger partial charge in [-0.3, -0.25) is 4.79 Å². The van der Waals surface area contributed by atoms with Gasteiger partial charge in [0.2, 0.25) is 5.56 Å². The fourth-order valence-corrected chi connectivity index (χ4v) is 1.94. The number of pyridine rings is 2. The van der Waals surface area contributed by atoms with Crippen molar-refractivity contribution in [3.63, 3.8) is 0 Å². The fourth-order valence-electron chi connectivity index (χ4n) is 1.94. The Labute approximate surface area is 102 Å². The predicted molar refractivity (Wildman–Crippen MR) is 67.8 cm³/mol. The number of nitrogens with zero attached hydrogens (tertiary/aromatic N) is 1. The first-order chi connectivity index (χ1) is 8.74. The Bertz CT molecular complexity index is 763. The molecule has 0 aliphatic heterocycles. The Balaban J connectivity index is 2.29. The molecule has 0 amide bonds. The lowest BCUT2D eigenvalue weighted by Gasteiger charge is -2.05. The molecule has 0 bridgehead atoms. The summed E-state index contributed by atoms with van der Waals surface area (Å²) in [5, 5.41) is 0.837. The summed E-state index contributed by atoms with van der Waals surface area (Å²) in [4.78, 5) is 18.0. The van der Waals surface area contributed by atoms with Gasteiger partial charge < -0.3 is 4.98 Å². The first-order valence-corrected chi connectivity index (χ1v) is 5.48. The van der Waals surface area contributed by atoms with Gasteiger partial charge in [0.1, 0.15) is 11.5 Å². The lowest BCUT2D eigenvalue weighted by atomic mass is 10.0. The van der Waals surface area contributed by atoms with Crippen LogP contribution in [0.1, 0.15) is 0 Å². The molecule has 3 aromatic rings. The normalized spacial score (nSPS) is 10.7. The van der Waals surface area contributed by atoms with Crippen LogP contribution < -0.4 is 5.56 Å². The molecule has 3 rings (SSSR count). The number of fused-ring (bicyclic) bond motifs is 1. The Morgan fingerprint density at radius 1 is 1.00 bits per heavy atom. The van der Waals surface area contributed by atoms with Crippen molar-refractivity contribution >= 4 is 11.0 Å². The molecule has 2 heterocycles. The zero-order valence-corrected chi connectivity index (χ0v) is 9.35. The molecule has 0 aliphatic carbocycles. The summed E-state index contributed by atoms with van der Waals surface area (Å²) >= 11 is 0. The number of benzene rings is 1. The number of aromatic nitrogens is 2. The van der Waals surface area contributed by atoms with Crippen LogP contribution in [0.3, 0.4) is 0 Å². The third kappa shape index (κ3) is 1.78. The van der Waals surface area contributed by atoms with Gasteiger partial charge in [-0.05, 0) is 35.4 Å². The number of H-pyrrole nitrogens is 1. The second-order valence-electron chi connectivity index (χ2n) is 3.95. The van der Waals surface area contributed by atoms with Crippen molar-refractivity contribution in [1.29, 1.82) is 0 Å². The van der Waals surface area contributed by atoms with E-state index in [1.54, 1.807) is 24.4 Å². The molecule has 1 N–H and O–H groups in total. The van der Waals surface area contributed by atoms with Crippen LogP contribution in [0.4, 0.5) is 4.39 Å². The van der Waals surface area contributed by atoms with E-state index in [0.717, 1.165) is 16.5 Å². The largest absolute Gasteiger partial charge is 0.307 e. The summed E-state index contributed by atoms with van der Waals surface area (Å²) in [6.45, 7) is 0. The van der Waals surface area contributed by atoms with Gasteiger partial charge >= 0.3 is 0 Å². The summed E-state index contributed by atoms with van der Waals surface area (Å²) in [5.41, 5.74) is 2.14. The molecule has 2 aromatic heterocycles. The van der Waals surface area contributed by atoms with E-state index < -0.39 is 0 Å². The lowest BCUT2D eigenvalue weighted by molar-refractivity contribution is 0.628. The minimum Gasteiger partial charge on any atom is -0.307 e. The smallest absolute Gasteiger partial charge is 0.249 e. The Hall–Kier alpha value is -2.49. The van der Waals surface area contributed by atoms with Gasteiger partial charge in [0.15, 0.2) is 0 Å². The van der Waals surface area contributed by atoms with Crippen LogP contribution in [-0.2, 0) is 0 Å². The molecule has 0 unspecified atom stereocenters. The third-order valence-corrected chi connectivity index (χ3v) is 2.79. The standard InChI is InChI=1S/C14H9FN2O/c15-10-3-1-9(2-4-10)11-7-8-16-14-12(11)5-6-13(18)17-14/h1-8H,(H,16,17,18). The van der Waals surface area contributed by atoms with Crippen molar-refractivity contribution in [2.24, 2.45) is 0 Å². The van der Waals surface area contributed by atoms with Crippen LogP contribution in [0.25, 0.3) is 22.2 Å². The van der Waals surface area contributed by atoms with E-state index in [4.69, 9.17) is 0 Å². The van der Waals surface area contributed by atoms with E-state index in [-0.39, 0.29) is 11.4 Å². The van der Waals surface area contributed by atoms with Crippen LogP contribution in [0.15, 0.2) is 53.5 Å². The van der Waals surface area contributed by atoms with E-state index in [1.807, 2.05) is 6.07 Å². The molecule has 1 aromatic carbocycles. The van der Waals surface area contributed by atoms with Crippen LogP contribution in [0.2, 0.25) is 0 Å². The molecule has 0 saturated heterocycles. The lowest BCUT2D eigenvalue weighted by Crippen LogP contribution is -2.03. The molecule has 0 aliphatic rings. The predicted octanol–water partition coefficient (Wildman–Crippen LogP) is 2.73. The van der Waals surface area contributed by atoms with Gasteiger partial charge in [0.05, 0.1) is 0 Å². The van der Waals surface area contributed by atoms with Crippen molar-refractivity contribution in [2.45, 2.75) is 0 Å². The maximum atomic E-state index is 12.9. The maximum Gasteiger partial charge on any atom is 0.249 e. The highest BCUT2D eigenvalue weighted by atomic mass is 19.1. The van der Waals surface area contributed by atoms with Gasteiger partial charge in [-0.25, -0.2) is 9.37 Å². The molecule has 0 radical (unpaired) electrons. The summed E-state index contributed by atoms with van der Waals surface area (Å²) < 4.78 is 12.9. The molecule has 0 fully saturated rings. The Kier molecular flexibility index (Phi) is 2.41. The zero-order valence-electron chi connectivity index (χ0n) is 9.35. The summed E-state index contributed by atoms with van der Waals surface area (Å²) in [6, 6.07) is 11.2. The molecular formula is C14H9FN2O. The van der Waals surface area contributed by atoms with Crippen LogP contribution >= 0.6 is 0 Å². The highest BCUT2D eigenvalue weighted by Crippen LogP contribution is 2.25. The molecule has 18 heavy (non-hydrogen) atoms. The monoisotopic (exact) mass is 240 g/mol. The Morgan fingerprint density at radius 3 is 2.56 bits per heavy atom. The summed E-state index contributed by atoms with van der Waals surface area (Å²) in [5.74, 6) is -0.273. The SMILES string of the molecule is O=c1ccc2c(-c3ccc(F)cc3)ccnc2[nH]1. The second-order valence-corrected chi connectivity index (χ2v) is 3.95. The quantitative estimate of drug-likeness (QED) is 0.710. The number of rotatable bonds is 1. The van der Waals surface area contributed by atoms with Crippen LogP contribution in [-0.4, -0.2) is 9.97 Å². The Morgan fingerprint density at radius 2 is 1.78 bits per heavy atom. The molecule has 4 heteroatoms. The van der Waals surface area contributed by atoms with Crippen molar-refractivity contribution in [3.05, 3.63) is 64.8 Å². The number of aromatic amines is 1. The molecular weight excluding hydrogens is 231 g/mol. The topological polar surface area (TPSA) is 45.8 Å². The highest BCUT2D eigenvalue weighted by Gasteiger charge is 2.05. The van der Waals surface area contributed by atoms with Gasteiger partial charge in [-0.1, -0.05) is 12.1 Å². The van der Waals surface area contributed by atoms with E-state index in [0.29, 0.717) is 5.65 Å². The van der Waals surface area contributed by atoms with E-state index in [9.17, 15) is 9.18 Å². The molecule has 3 nitrogen and oxygen atoms in total. The highest BCUT2D eigenvalue weighted by molar-refractivity contribution is 5.92. The minimum atomic E-state index is -0.273. The van der Waals surface area contributed by atoms with E-state index in [2.05, 4.69) is 9.97 Å². The van der Waals surface area contributed by atoms with Gasteiger partial charge in [0.25, 0.3) is 0 Å². The minimum absolute atomic E-state index is 0.189. The van der Waals surface area contributed by atoms with Crippen molar-refractivity contribution in [2.75, 3.05) is 0 Å². The fraction of sp³-hybridized carbons (Fsp3) is 0. The molecule has 0 spiro atoms. The zero-order chi connectivity index (χ0) is 12.5. The van der Waals surface area contributed by atoms with E-state index in [1.165, 1.54) is 18.2 Å². The summed E-state index contributed by atoms with van der Waals surface area (Å²) in [6.07, 6.45) is 1.62. The average Bonchev–Trinajstić information content (AvgIpc) is 2.38. The third-order valence-electron chi connectivity index (χ3n) is 2.79. The first-order valence-electron chi connectivity index (χ1n) is 5.48. The van der Waals surface area contributed by atoms with Gasteiger partial charge in [-0.2, -0.15) is 0 Å².